The Kier molecular flexibility index (Phi) is 5.01. The summed E-state index contributed by atoms with van der Waals surface area (Å²) in [6.07, 6.45) is -3.16. The lowest BCUT2D eigenvalue weighted by atomic mass is 10.4. The van der Waals surface area contributed by atoms with Gasteiger partial charge in [0.05, 0.1) is 18.5 Å². The molecule has 0 atom stereocenters. The molecule has 0 unspecified atom stereocenters. The minimum atomic E-state index is -4.61. The first-order chi connectivity index (χ1) is 7.51. The second-order valence-corrected chi connectivity index (χ2v) is 3.32. The summed E-state index contributed by atoms with van der Waals surface area (Å²) in [6.45, 7) is -0.710. The summed E-state index contributed by atoms with van der Waals surface area (Å²) in [7, 11) is 0. The maximum Gasteiger partial charge on any atom is 0.522 e. The molecule has 3 nitrogen and oxygen atoms in total. The molecule has 1 heterocycles. The van der Waals surface area contributed by atoms with Gasteiger partial charge in [-0.3, -0.25) is 9.72 Å². The summed E-state index contributed by atoms with van der Waals surface area (Å²) in [4.78, 5) is 3.99. The van der Waals surface area contributed by atoms with Crippen LogP contribution in [0.4, 0.5) is 13.2 Å². The van der Waals surface area contributed by atoms with Crippen LogP contribution in [-0.4, -0.2) is 24.6 Å². The fourth-order valence-corrected chi connectivity index (χ4v) is 1.22. The molecule has 0 bridgehead atoms. The van der Waals surface area contributed by atoms with E-state index in [0.29, 0.717) is 11.1 Å². The van der Waals surface area contributed by atoms with Crippen LogP contribution in [-0.2, 0) is 10.1 Å². The van der Waals surface area contributed by atoms with Crippen LogP contribution in [0.5, 0.6) is 5.75 Å². The number of nitrogens with zero attached hydrogens (tertiary/aromatic N) is 1. The zero-order valence-corrected chi connectivity index (χ0v) is 9.71. The Morgan fingerprint density at radius 1 is 1.25 bits per heavy atom. The van der Waals surface area contributed by atoms with E-state index in [1.54, 1.807) is 12.1 Å². The van der Waals surface area contributed by atoms with E-state index in [-0.39, 0.29) is 6.61 Å². The average molecular weight is 300 g/mol. The SMILES string of the molecule is FC(F)(F)OCCOc1ccc(CBr)nc1. The highest BCUT2D eigenvalue weighted by Gasteiger charge is 2.28. The van der Waals surface area contributed by atoms with Crippen LogP contribution in [0.25, 0.3) is 0 Å². The highest BCUT2D eigenvalue weighted by Crippen LogP contribution is 2.16. The van der Waals surface area contributed by atoms with E-state index in [0.717, 1.165) is 5.69 Å². The molecule has 1 aromatic rings. The molecule has 1 aromatic heterocycles. The molecule has 16 heavy (non-hydrogen) atoms. The number of aromatic nitrogens is 1. The second kappa shape index (κ2) is 6.05. The van der Waals surface area contributed by atoms with Crippen molar-refractivity contribution in [2.24, 2.45) is 0 Å². The van der Waals surface area contributed by atoms with E-state index in [4.69, 9.17) is 4.74 Å². The van der Waals surface area contributed by atoms with Crippen molar-refractivity contribution in [3.63, 3.8) is 0 Å². The molecule has 0 saturated carbocycles. The van der Waals surface area contributed by atoms with Crippen LogP contribution in [0.3, 0.4) is 0 Å². The Hall–Kier alpha value is -0.820. The smallest absolute Gasteiger partial charge is 0.490 e. The summed E-state index contributed by atoms with van der Waals surface area (Å²) in [6, 6.07) is 3.35. The Balaban J connectivity index is 2.27. The van der Waals surface area contributed by atoms with E-state index in [1.807, 2.05) is 0 Å². The summed E-state index contributed by atoms with van der Waals surface area (Å²) >= 11 is 3.22. The van der Waals surface area contributed by atoms with E-state index >= 15 is 0 Å². The lowest BCUT2D eigenvalue weighted by Gasteiger charge is -2.08. The first-order valence-electron chi connectivity index (χ1n) is 4.35. The minimum Gasteiger partial charge on any atom is -0.490 e. The summed E-state index contributed by atoms with van der Waals surface area (Å²) in [5.41, 5.74) is 0.818. The zero-order valence-electron chi connectivity index (χ0n) is 8.13. The Labute approximate surface area is 98.7 Å². The topological polar surface area (TPSA) is 31.4 Å². The van der Waals surface area contributed by atoms with Crippen molar-refractivity contribution in [1.29, 1.82) is 0 Å². The molecule has 1 rings (SSSR count). The summed E-state index contributed by atoms with van der Waals surface area (Å²) in [5, 5.41) is 0.616. The minimum absolute atomic E-state index is 0.172. The van der Waals surface area contributed by atoms with Crippen molar-refractivity contribution in [2.45, 2.75) is 11.7 Å². The molecule has 0 amide bonds. The third-order valence-electron chi connectivity index (χ3n) is 1.55. The maximum absolute atomic E-state index is 11.6. The molecule has 0 aromatic carbocycles. The van der Waals surface area contributed by atoms with Gasteiger partial charge in [0.2, 0.25) is 0 Å². The fourth-order valence-electron chi connectivity index (χ4n) is 0.892. The largest absolute Gasteiger partial charge is 0.522 e. The van der Waals surface area contributed by atoms with Crippen molar-refractivity contribution < 1.29 is 22.6 Å². The van der Waals surface area contributed by atoms with Crippen LogP contribution < -0.4 is 4.74 Å². The molecular formula is C9H9BrF3NO2. The highest BCUT2D eigenvalue weighted by molar-refractivity contribution is 9.08. The first kappa shape index (κ1) is 13.2. The summed E-state index contributed by atoms with van der Waals surface area (Å²) in [5.74, 6) is 0.412. The Morgan fingerprint density at radius 2 is 2.00 bits per heavy atom. The van der Waals surface area contributed by atoms with Gasteiger partial charge in [0.25, 0.3) is 0 Å². The van der Waals surface area contributed by atoms with E-state index in [9.17, 15) is 13.2 Å². The summed E-state index contributed by atoms with van der Waals surface area (Å²) < 4.78 is 43.3. The van der Waals surface area contributed by atoms with E-state index in [1.165, 1.54) is 6.20 Å². The van der Waals surface area contributed by atoms with Crippen LogP contribution in [0.15, 0.2) is 18.3 Å². The quantitative estimate of drug-likeness (QED) is 0.619. The maximum atomic E-state index is 11.6. The number of alkyl halides is 4. The van der Waals surface area contributed by atoms with Gasteiger partial charge < -0.3 is 4.74 Å². The number of halogens is 4. The normalized spacial score (nSPS) is 11.5. The monoisotopic (exact) mass is 299 g/mol. The van der Waals surface area contributed by atoms with Crippen molar-refractivity contribution in [3.8, 4) is 5.75 Å². The predicted molar refractivity (Wildman–Crippen MR) is 54.4 cm³/mol. The lowest BCUT2D eigenvalue weighted by molar-refractivity contribution is -0.325. The van der Waals surface area contributed by atoms with Crippen LogP contribution in [0, 0.1) is 0 Å². The van der Waals surface area contributed by atoms with Crippen LogP contribution in [0.1, 0.15) is 5.69 Å². The van der Waals surface area contributed by atoms with Crippen LogP contribution in [0.2, 0.25) is 0 Å². The highest BCUT2D eigenvalue weighted by atomic mass is 79.9. The predicted octanol–water partition coefficient (Wildman–Crippen LogP) is 2.89. The lowest BCUT2D eigenvalue weighted by Crippen LogP contribution is -2.18. The third-order valence-corrected chi connectivity index (χ3v) is 2.13. The van der Waals surface area contributed by atoms with Gasteiger partial charge in [-0.05, 0) is 12.1 Å². The molecule has 7 heteroatoms. The van der Waals surface area contributed by atoms with Crippen LogP contribution >= 0.6 is 15.9 Å². The van der Waals surface area contributed by atoms with Gasteiger partial charge in [0.15, 0.2) is 0 Å². The fraction of sp³-hybridized carbons (Fsp3) is 0.444. The Bertz CT molecular complexity index is 316. The van der Waals surface area contributed by atoms with Gasteiger partial charge in [-0.25, -0.2) is 0 Å². The molecule has 0 aliphatic carbocycles. The second-order valence-electron chi connectivity index (χ2n) is 2.76. The van der Waals surface area contributed by atoms with Crippen molar-refractivity contribution in [2.75, 3.05) is 13.2 Å². The van der Waals surface area contributed by atoms with Gasteiger partial charge >= 0.3 is 6.36 Å². The molecule has 90 valence electrons. The first-order valence-corrected chi connectivity index (χ1v) is 5.48. The number of pyridine rings is 1. The molecule has 0 spiro atoms. The molecule has 0 aliphatic heterocycles. The van der Waals surface area contributed by atoms with Gasteiger partial charge in [-0.2, -0.15) is 0 Å². The number of rotatable bonds is 5. The molecular weight excluding hydrogens is 291 g/mol. The van der Waals surface area contributed by atoms with E-state index in [2.05, 4.69) is 25.7 Å². The molecule has 0 N–H and O–H groups in total. The van der Waals surface area contributed by atoms with E-state index < -0.39 is 13.0 Å². The standard InChI is InChI=1S/C9H9BrF3NO2/c10-5-7-1-2-8(6-14-7)15-3-4-16-9(11,12)13/h1-2,6H,3-5H2. The number of hydrogen-bond acceptors (Lipinski definition) is 3. The third kappa shape index (κ3) is 5.32. The van der Waals surface area contributed by atoms with Crippen molar-refractivity contribution >= 4 is 15.9 Å². The van der Waals surface area contributed by atoms with Gasteiger partial charge in [0.1, 0.15) is 12.4 Å². The average Bonchev–Trinajstić information content (AvgIpc) is 2.24. The van der Waals surface area contributed by atoms with Gasteiger partial charge in [-0.1, -0.05) is 15.9 Å². The number of hydrogen-bond donors (Lipinski definition) is 0. The molecule has 0 fully saturated rings. The van der Waals surface area contributed by atoms with Gasteiger partial charge in [0, 0.05) is 5.33 Å². The number of ether oxygens (including phenoxy) is 2. The molecule has 0 saturated heterocycles. The molecule has 0 radical (unpaired) electrons. The van der Waals surface area contributed by atoms with Crippen molar-refractivity contribution in [1.82, 2.24) is 4.98 Å². The zero-order chi connectivity index (χ0) is 12.0. The Morgan fingerprint density at radius 3 is 2.50 bits per heavy atom. The van der Waals surface area contributed by atoms with Crippen molar-refractivity contribution in [3.05, 3.63) is 24.0 Å². The molecule has 0 aliphatic rings. The van der Waals surface area contributed by atoms with Gasteiger partial charge in [-0.15, -0.1) is 13.2 Å².